The van der Waals surface area contributed by atoms with Crippen molar-refractivity contribution in [3.63, 3.8) is 0 Å². The Morgan fingerprint density at radius 3 is 2.63 bits per heavy atom. The lowest BCUT2D eigenvalue weighted by atomic mass is 9.62. The molecule has 1 aromatic carbocycles. The Balaban J connectivity index is 1.97. The van der Waals surface area contributed by atoms with E-state index in [0.29, 0.717) is 6.04 Å². The summed E-state index contributed by atoms with van der Waals surface area (Å²) in [6.07, 6.45) is 9.31. The van der Waals surface area contributed by atoms with Crippen LogP contribution in [0.25, 0.3) is 0 Å². The quantitative estimate of drug-likeness (QED) is 0.818. The SMILES string of the molecule is C#CC(CCC)NC1CC(C#N)(c2ccccc2)C1. The van der Waals surface area contributed by atoms with Gasteiger partial charge in [0.05, 0.1) is 17.5 Å². The van der Waals surface area contributed by atoms with Gasteiger partial charge in [0.25, 0.3) is 0 Å². The van der Waals surface area contributed by atoms with Crippen molar-refractivity contribution in [2.75, 3.05) is 0 Å². The molecule has 0 spiro atoms. The van der Waals surface area contributed by atoms with Crippen molar-refractivity contribution < 1.29 is 0 Å². The van der Waals surface area contributed by atoms with Crippen LogP contribution in [-0.2, 0) is 5.41 Å². The van der Waals surface area contributed by atoms with E-state index in [1.807, 2.05) is 30.3 Å². The normalized spacial score (nSPS) is 26.8. The Hall–Kier alpha value is -1.77. The monoisotopic (exact) mass is 252 g/mol. The van der Waals surface area contributed by atoms with E-state index in [1.54, 1.807) is 0 Å². The third kappa shape index (κ3) is 2.80. The van der Waals surface area contributed by atoms with Gasteiger partial charge in [0.15, 0.2) is 0 Å². The zero-order valence-corrected chi connectivity index (χ0v) is 11.4. The highest BCUT2D eigenvalue weighted by Crippen LogP contribution is 2.43. The van der Waals surface area contributed by atoms with E-state index in [4.69, 9.17) is 6.42 Å². The molecule has 1 aliphatic carbocycles. The summed E-state index contributed by atoms with van der Waals surface area (Å²) in [5.74, 6) is 2.79. The fourth-order valence-electron chi connectivity index (χ4n) is 2.84. The maximum atomic E-state index is 9.48. The van der Waals surface area contributed by atoms with Crippen LogP contribution in [-0.4, -0.2) is 12.1 Å². The summed E-state index contributed by atoms with van der Waals surface area (Å²) in [6, 6.07) is 13.1. The maximum absolute atomic E-state index is 9.48. The van der Waals surface area contributed by atoms with Gasteiger partial charge in [-0.15, -0.1) is 6.42 Å². The van der Waals surface area contributed by atoms with Crippen molar-refractivity contribution in [1.82, 2.24) is 5.32 Å². The molecule has 0 saturated heterocycles. The number of nitrogens with one attached hydrogen (secondary N) is 1. The molecule has 1 N–H and O–H groups in total. The predicted octanol–water partition coefficient (Wildman–Crippen LogP) is 3.00. The second kappa shape index (κ2) is 5.91. The Morgan fingerprint density at radius 1 is 1.42 bits per heavy atom. The summed E-state index contributed by atoms with van der Waals surface area (Å²) in [7, 11) is 0. The van der Waals surface area contributed by atoms with Gasteiger partial charge in [0.1, 0.15) is 0 Å². The van der Waals surface area contributed by atoms with Crippen molar-refractivity contribution in [2.24, 2.45) is 0 Å². The van der Waals surface area contributed by atoms with Gasteiger partial charge in [-0.2, -0.15) is 5.26 Å². The third-order valence-corrected chi connectivity index (χ3v) is 3.95. The molecular formula is C17H20N2. The molecule has 1 saturated carbocycles. The minimum atomic E-state index is -0.315. The molecule has 0 aromatic heterocycles. The van der Waals surface area contributed by atoms with Gasteiger partial charge in [-0.25, -0.2) is 0 Å². The summed E-state index contributed by atoms with van der Waals surface area (Å²) in [5, 5.41) is 13.0. The molecule has 2 nitrogen and oxygen atoms in total. The van der Waals surface area contributed by atoms with E-state index in [-0.39, 0.29) is 11.5 Å². The van der Waals surface area contributed by atoms with Crippen LogP contribution in [0.15, 0.2) is 30.3 Å². The molecule has 0 aliphatic heterocycles. The predicted molar refractivity (Wildman–Crippen MR) is 77.4 cm³/mol. The van der Waals surface area contributed by atoms with Crippen molar-refractivity contribution in [3.8, 4) is 18.4 Å². The fraction of sp³-hybridized carbons (Fsp3) is 0.471. The second-order valence-electron chi connectivity index (χ2n) is 5.34. The molecule has 0 radical (unpaired) electrons. The van der Waals surface area contributed by atoms with E-state index in [2.05, 4.69) is 24.2 Å². The number of benzene rings is 1. The van der Waals surface area contributed by atoms with Gasteiger partial charge in [-0.3, -0.25) is 0 Å². The molecule has 1 unspecified atom stereocenters. The molecule has 0 amide bonds. The van der Waals surface area contributed by atoms with Crippen molar-refractivity contribution >= 4 is 0 Å². The first-order valence-corrected chi connectivity index (χ1v) is 6.93. The van der Waals surface area contributed by atoms with Gasteiger partial charge in [-0.1, -0.05) is 49.6 Å². The summed E-state index contributed by atoms with van der Waals surface area (Å²) in [4.78, 5) is 0. The van der Waals surface area contributed by atoms with Crippen LogP contribution in [0, 0.1) is 23.7 Å². The van der Waals surface area contributed by atoms with Crippen molar-refractivity contribution in [3.05, 3.63) is 35.9 Å². The van der Waals surface area contributed by atoms with E-state index in [9.17, 15) is 5.26 Å². The van der Waals surface area contributed by atoms with Crippen LogP contribution in [0.1, 0.15) is 38.2 Å². The van der Waals surface area contributed by atoms with Gasteiger partial charge in [0, 0.05) is 6.04 Å². The molecule has 19 heavy (non-hydrogen) atoms. The molecular weight excluding hydrogens is 232 g/mol. The van der Waals surface area contributed by atoms with Crippen LogP contribution >= 0.6 is 0 Å². The zero-order valence-electron chi connectivity index (χ0n) is 11.4. The smallest absolute Gasteiger partial charge is 0.0852 e. The lowest BCUT2D eigenvalue weighted by Gasteiger charge is -2.44. The number of hydrogen-bond donors (Lipinski definition) is 1. The van der Waals surface area contributed by atoms with Crippen LogP contribution in [0.4, 0.5) is 0 Å². The highest BCUT2D eigenvalue weighted by Gasteiger charge is 2.46. The summed E-state index contributed by atoms with van der Waals surface area (Å²) in [5.41, 5.74) is 0.813. The maximum Gasteiger partial charge on any atom is 0.0852 e. The minimum Gasteiger partial charge on any atom is -0.301 e. The van der Waals surface area contributed by atoms with Crippen LogP contribution in [0.2, 0.25) is 0 Å². The largest absolute Gasteiger partial charge is 0.301 e. The Kier molecular flexibility index (Phi) is 4.25. The van der Waals surface area contributed by atoms with E-state index in [1.165, 1.54) is 0 Å². The van der Waals surface area contributed by atoms with E-state index >= 15 is 0 Å². The summed E-state index contributed by atoms with van der Waals surface area (Å²) in [6.45, 7) is 2.14. The number of terminal acetylenes is 1. The topological polar surface area (TPSA) is 35.8 Å². The number of rotatable bonds is 5. The van der Waals surface area contributed by atoms with E-state index < -0.39 is 0 Å². The van der Waals surface area contributed by atoms with Crippen LogP contribution < -0.4 is 5.32 Å². The van der Waals surface area contributed by atoms with Crippen LogP contribution in [0.5, 0.6) is 0 Å². The molecule has 98 valence electrons. The first-order chi connectivity index (χ1) is 9.24. The fourth-order valence-corrected chi connectivity index (χ4v) is 2.84. The Morgan fingerprint density at radius 2 is 2.11 bits per heavy atom. The highest BCUT2D eigenvalue weighted by atomic mass is 15.0. The average molecular weight is 252 g/mol. The lowest BCUT2D eigenvalue weighted by molar-refractivity contribution is 0.216. The Labute approximate surface area is 115 Å². The highest BCUT2D eigenvalue weighted by molar-refractivity contribution is 5.37. The molecule has 1 aliphatic rings. The molecule has 2 rings (SSSR count). The second-order valence-corrected chi connectivity index (χ2v) is 5.34. The average Bonchev–Trinajstić information content (AvgIpc) is 2.42. The zero-order chi connectivity index (χ0) is 13.7. The molecule has 1 aromatic rings. The lowest BCUT2D eigenvalue weighted by Crippen LogP contribution is -2.53. The van der Waals surface area contributed by atoms with Gasteiger partial charge in [-0.05, 0) is 24.8 Å². The minimum absolute atomic E-state index is 0.141. The van der Waals surface area contributed by atoms with Gasteiger partial charge in [0.2, 0.25) is 0 Å². The standard InChI is InChI=1S/C17H20N2/c1-3-8-15(4-2)19-16-11-17(12-16,13-18)14-9-6-5-7-10-14/h2,5-7,9-10,15-16,19H,3,8,11-12H2,1H3. The van der Waals surface area contributed by atoms with E-state index in [0.717, 1.165) is 31.2 Å². The molecule has 1 atom stereocenters. The molecule has 0 heterocycles. The van der Waals surface area contributed by atoms with Crippen LogP contribution in [0.3, 0.4) is 0 Å². The number of nitrogens with zero attached hydrogens (tertiary/aromatic N) is 1. The Bertz CT molecular complexity index is 486. The van der Waals surface area contributed by atoms with Gasteiger partial charge >= 0.3 is 0 Å². The molecule has 2 heteroatoms. The third-order valence-electron chi connectivity index (χ3n) is 3.95. The van der Waals surface area contributed by atoms with Crippen molar-refractivity contribution in [2.45, 2.75) is 50.1 Å². The summed E-state index contributed by atoms with van der Waals surface area (Å²) < 4.78 is 0. The van der Waals surface area contributed by atoms with Crippen molar-refractivity contribution in [1.29, 1.82) is 5.26 Å². The first-order valence-electron chi connectivity index (χ1n) is 6.93. The number of nitriles is 1. The summed E-state index contributed by atoms with van der Waals surface area (Å²) >= 11 is 0. The first kappa shape index (κ1) is 13.7. The van der Waals surface area contributed by atoms with Gasteiger partial charge < -0.3 is 5.32 Å². The number of hydrogen-bond acceptors (Lipinski definition) is 2. The molecule has 1 fully saturated rings. The molecule has 0 bridgehead atoms.